The minimum Gasteiger partial charge on any atom is -0.497 e. The zero-order chi connectivity index (χ0) is 32.0. The maximum absolute atomic E-state index is 16.2. The highest BCUT2D eigenvalue weighted by Gasteiger charge is 2.67. The van der Waals surface area contributed by atoms with Gasteiger partial charge in [0.25, 0.3) is 11.8 Å². The number of halogens is 1. The summed E-state index contributed by atoms with van der Waals surface area (Å²) >= 11 is 0. The second kappa shape index (κ2) is 12.2. The van der Waals surface area contributed by atoms with Crippen LogP contribution < -0.4 is 15.0 Å². The van der Waals surface area contributed by atoms with Crippen molar-refractivity contribution in [1.29, 1.82) is 0 Å². The monoisotopic (exact) mass is 627 g/mol. The molecule has 0 unspecified atom stereocenters. The maximum Gasteiger partial charge on any atom is 0.264 e. The number of methoxy groups -OCH3 is 1. The van der Waals surface area contributed by atoms with Gasteiger partial charge < -0.3 is 38.9 Å². The van der Waals surface area contributed by atoms with E-state index in [1.54, 1.807) is 59.3 Å². The van der Waals surface area contributed by atoms with Crippen molar-refractivity contribution in [3.63, 3.8) is 0 Å². The number of carbonyl (C=O) groups is 3. The molecule has 44 heavy (non-hydrogen) atoms. The van der Waals surface area contributed by atoms with E-state index in [9.17, 15) is 24.6 Å². The number of rotatable bonds is 9. The van der Waals surface area contributed by atoms with E-state index in [0.29, 0.717) is 35.7 Å². The summed E-state index contributed by atoms with van der Waals surface area (Å²) < 4.78 is 28.4. The number of benzene rings is 2. The quantitative estimate of drug-likeness (QED) is 0.286. The zero-order valence-corrected chi connectivity index (χ0v) is 26.9. The van der Waals surface area contributed by atoms with Gasteiger partial charge in [-0.1, -0.05) is 19.1 Å². The average molecular weight is 628 g/mol. The molecule has 3 aliphatic rings. The van der Waals surface area contributed by atoms with Crippen LogP contribution in [0.4, 0.5) is 15.5 Å². The summed E-state index contributed by atoms with van der Waals surface area (Å²) in [4.78, 5) is 43.5. The van der Waals surface area contributed by atoms with Crippen LogP contribution in [0.15, 0.2) is 42.5 Å². The summed E-state index contributed by atoms with van der Waals surface area (Å²) in [7, 11) is -1.95. The molecular formula is C32H42FN3O7Si. The third-order valence-corrected chi connectivity index (χ3v) is 11.8. The first-order chi connectivity index (χ1) is 20.8. The van der Waals surface area contributed by atoms with E-state index in [4.69, 9.17) is 9.47 Å². The van der Waals surface area contributed by atoms with Gasteiger partial charge in [0.05, 0.1) is 44.5 Å². The molecule has 6 atom stereocenters. The van der Waals surface area contributed by atoms with Crippen molar-refractivity contribution < 1.29 is 38.2 Å². The van der Waals surface area contributed by atoms with E-state index < -0.39 is 43.6 Å². The van der Waals surface area contributed by atoms with Crippen LogP contribution in [-0.4, -0.2) is 79.8 Å². The van der Waals surface area contributed by atoms with Gasteiger partial charge in [-0.15, -0.1) is 0 Å². The Kier molecular flexibility index (Phi) is 8.91. The first-order valence-electron chi connectivity index (χ1n) is 15.2. The molecule has 238 valence electrons. The molecule has 2 aromatic carbocycles. The second-order valence-corrected chi connectivity index (χ2v) is 16.5. The Labute approximate surface area is 258 Å². The highest BCUT2D eigenvalue weighted by atomic mass is 28.4. The lowest BCUT2D eigenvalue weighted by Gasteiger charge is -2.31. The van der Waals surface area contributed by atoms with Crippen LogP contribution in [0.5, 0.6) is 5.75 Å². The summed E-state index contributed by atoms with van der Waals surface area (Å²) in [5.74, 6) is -1.17. The average Bonchev–Trinajstić information content (AvgIpc) is 3.63. The number of ether oxygens (including phenoxy) is 2. The van der Waals surface area contributed by atoms with Crippen molar-refractivity contribution in [3.8, 4) is 5.75 Å². The van der Waals surface area contributed by atoms with Crippen LogP contribution in [-0.2, 0) is 31.3 Å². The van der Waals surface area contributed by atoms with Gasteiger partial charge in [0.15, 0.2) is 5.60 Å². The van der Waals surface area contributed by atoms with Crippen LogP contribution in [0.1, 0.15) is 44.2 Å². The van der Waals surface area contributed by atoms with Crippen LogP contribution >= 0.6 is 0 Å². The number of hydrogen-bond acceptors (Lipinski definition) is 7. The Morgan fingerprint density at radius 1 is 1.25 bits per heavy atom. The number of nitrogens with one attached hydrogen (secondary N) is 1. The van der Waals surface area contributed by atoms with E-state index in [2.05, 4.69) is 5.32 Å². The molecule has 10 nitrogen and oxygen atoms in total. The van der Waals surface area contributed by atoms with E-state index in [1.807, 2.05) is 13.0 Å². The summed E-state index contributed by atoms with van der Waals surface area (Å²) in [6.07, 6.45) is -0.583. The van der Waals surface area contributed by atoms with Gasteiger partial charge >= 0.3 is 0 Å². The minimum absolute atomic E-state index is 0.0782. The molecule has 0 radical (unpaired) electrons. The van der Waals surface area contributed by atoms with Crippen LogP contribution in [0.25, 0.3) is 0 Å². The van der Waals surface area contributed by atoms with Gasteiger partial charge in [0, 0.05) is 29.3 Å². The zero-order valence-electron chi connectivity index (χ0n) is 25.9. The number of aliphatic hydroxyl groups is 2. The van der Waals surface area contributed by atoms with Gasteiger partial charge in [0.1, 0.15) is 11.9 Å². The molecule has 0 bridgehead atoms. The lowest BCUT2D eigenvalue weighted by molar-refractivity contribution is -0.150. The van der Waals surface area contributed by atoms with Gasteiger partial charge in [0.2, 0.25) is 14.3 Å². The van der Waals surface area contributed by atoms with Crippen molar-refractivity contribution >= 4 is 37.5 Å². The Morgan fingerprint density at radius 3 is 2.66 bits per heavy atom. The molecular weight excluding hydrogens is 585 g/mol. The van der Waals surface area contributed by atoms with Gasteiger partial charge in [-0.3, -0.25) is 14.4 Å². The smallest absolute Gasteiger partial charge is 0.264 e. The molecule has 2 fully saturated rings. The third-order valence-electron chi connectivity index (χ3n) is 9.37. The van der Waals surface area contributed by atoms with Crippen molar-refractivity contribution in [2.45, 2.75) is 82.1 Å². The molecule has 3 aliphatic heterocycles. The second-order valence-electron chi connectivity index (χ2n) is 12.7. The number of hydrogen-bond donors (Lipinski definition) is 3. The number of carbonyl (C=O) groups excluding carboxylic acids is 3. The lowest BCUT2D eigenvalue weighted by atomic mass is 9.82. The van der Waals surface area contributed by atoms with E-state index in [1.165, 1.54) is 14.0 Å². The number of amides is 3. The van der Waals surface area contributed by atoms with Crippen molar-refractivity contribution in [2.24, 2.45) is 5.92 Å². The van der Waals surface area contributed by atoms with Crippen LogP contribution in [0, 0.1) is 5.92 Å². The molecule has 2 saturated heterocycles. The number of likely N-dealkylation sites (tertiary alicyclic amines) is 1. The fourth-order valence-electron chi connectivity index (χ4n) is 7.33. The molecule has 3 heterocycles. The SMILES string of the molecule is COc1ccc2c(c1)[C@]1(O[C@@H](CC(=O)N3CCC[C@H]3CO)[C@H]([Si](C)(C)F)[C@H]1C)C(=O)N2Cc1cccc(NC(=O)[C@H](C)O)c1. The molecule has 3 amide bonds. The largest absolute Gasteiger partial charge is 0.497 e. The Bertz CT molecular complexity index is 1430. The van der Waals surface area contributed by atoms with E-state index in [0.717, 1.165) is 12.0 Å². The van der Waals surface area contributed by atoms with E-state index >= 15 is 4.11 Å². The lowest BCUT2D eigenvalue weighted by Crippen LogP contribution is -2.45. The first kappa shape index (κ1) is 32.1. The number of nitrogens with zero attached hydrogens (tertiary/aromatic N) is 2. The molecule has 2 aromatic rings. The first-order valence-corrected chi connectivity index (χ1v) is 18.1. The maximum atomic E-state index is 16.2. The Morgan fingerprint density at radius 2 is 2.00 bits per heavy atom. The number of aliphatic hydroxyl groups excluding tert-OH is 2. The Hall–Kier alpha value is -3.32. The predicted molar refractivity (Wildman–Crippen MR) is 165 cm³/mol. The van der Waals surface area contributed by atoms with Crippen LogP contribution in [0.3, 0.4) is 0 Å². The summed E-state index contributed by atoms with van der Waals surface area (Å²) in [5.41, 5.74) is 0.185. The fraction of sp³-hybridized carbons (Fsp3) is 0.531. The molecule has 0 aromatic heterocycles. The molecule has 5 rings (SSSR count). The van der Waals surface area contributed by atoms with Crippen molar-refractivity contribution in [3.05, 3.63) is 53.6 Å². The van der Waals surface area contributed by atoms with E-state index in [-0.39, 0.29) is 37.4 Å². The molecule has 1 spiro atoms. The molecule has 0 aliphatic carbocycles. The topological polar surface area (TPSA) is 129 Å². The van der Waals surface area contributed by atoms with Crippen molar-refractivity contribution in [2.75, 3.05) is 30.5 Å². The molecule has 12 heteroatoms. The number of fused-ring (bicyclic) bond motifs is 2. The molecule has 3 N–H and O–H groups in total. The summed E-state index contributed by atoms with van der Waals surface area (Å²) in [5, 5.41) is 22.1. The van der Waals surface area contributed by atoms with Gasteiger partial charge in [-0.25, -0.2) is 0 Å². The predicted octanol–water partition coefficient (Wildman–Crippen LogP) is 3.71. The molecule has 0 saturated carbocycles. The highest BCUT2D eigenvalue weighted by Crippen LogP contribution is 2.60. The highest BCUT2D eigenvalue weighted by molar-refractivity contribution is 6.72. The van der Waals surface area contributed by atoms with Crippen LogP contribution in [0.2, 0.25) is 18.6 Å². The third kappa shape index (κ3) is 5.64. The summed E-state index contributed by atoms with van der Waals surface area (Å²) in [6, 6.07) is 12.0. The summed E-state index contributed by atoms with van der Waals surface area (Å²) in [6.45, 7) is 6.95. The van der Waals surface area contributed by atoms with Crippen molar-refractivity contribution in [1.82, 2.24) is 4.90 Å². The van der Waals surface area contributed by atoms with Gasteiger partial charge in [-0.2, -0.15) is 0 Å². The Balaban J connectivity index is 1.52. The standard InChI is InChI=1S/C32H42FN3O7Si/c1-19-29(44(4,5)33)27(16-28(39)35-13-7-10-23(35)18-37)43-32(19)25-15-24(42-3)11-12-26(25)36(31(32)41)17-21-8-6-9-22(14-21)34-30(40)20(2)38/h6,8-9,11-12,14-15,19-20,23,27,29,37-38H,7,10,13,16-18H2,1-5H3,(H,34,40)/t19-,20+,23+,27+,29-,32+/m1/s1. The fourth-order valence-corrected chi connectivity index (χ4v) is 9.82. The van der Waals surface area contributed by atoms with Gasteiger partial charge in [-0.05, 0) is 68.8 Å². The normalized spacial score (nSPS) is 27.1. The minimum atomic E-state index is -3.48. The number of anilines is 2.